The summed E-state index contributed by atoms with van der Waals surface area (Å²) in [4.78, 5) is 21.2. The van der Waals surface area contributed by atoms with E-state index in [4.69, 9.17) is 0 Å². The van der Waals surface area contributed by atoms with Crippen molar-refractivity contribution in [3.8, 4) is 0 Å². The molecule has 2 unspecified atom stereocenters. The number of nitrogens with zero attached hydrogens (tertiary/aromatic N) is 4. The monoisotopic (exact) mass is 297 g/mol. The maximum absolute atomic E-state index is 11.4. The highest BCUT2D eigenvalue weighted by Gasteiger charge is 2.33. The lowest BCUT2D eigenvalue weighted by molar-refractivity contribution is -0.383. The molecule has 1 aromatic rings. The summed E-state index contributed by atoms with van der Waals surface area (Å²) in [5.74, 6) is 1.66. The predicted octanol–water partition coefficient (Wildman–Crippen LogP) is 2.15. The molecule has 110 valence electrons. The number of nitro groups is 1. The fraction of sp³-hybridized carbons (Fsp3) is 0.667. The molecule has 0 aromatic carbocycles. The summed E-state index contributed by atoms with van der Waals surface area (Å²) in [5.41, 5.74) is -0.0275. The van der Waals surface area contributed by atoms with Gasteiger partial charge in [0.15, 0.2) is 0 Å². The van der Waals surface area contributed by atoms with Gasteiger partial charge in [0.05, 0.1) is 4.92 Å². The predicted molar refractivity (Wildman–Crippen MR) is 81.6 cm³/mol. The Morgan fingerprint density at radius 2 is 2.30 bits per heavy atom. The summed E-state index contributed by atoms with van der Waals surface area (Å²) in [5, 5.41) is 14.8. The van der Waals surface area contributed by atoms with Crippen LogP contribution >= 0.6 is 11.8 Å². The lowest BCUT2D eigenvalue weighted by atomic mass is 10.2. The highest BCUT2D eigenvalue weighted by atomic mass is 32.2. The van der Waals surface area contributed by atoms with E-state index in [1.165, 1.54) is 6.33 Å². The molecule has 1 N–H and O–H groups in total. The fourth-order valence-corrected chi connectivity index (χ4v) is 3.38. The van der Waals surface area contributed by atoms with Crippen LogP contribution in [-0.4, -0.2) is 45.0 Å². The zero-order valence-corrected chi connectivity index (χ0v) is 12.7. The third-order valence-electron chi connectivity index (χ3n) is 3.49. The molecule has 1 fully saturated rings. The second-order valence-corrected chi connectivity index (χ2v) is 6.18. The largest absolute Gasteiger partial charge is 0.364 e. The Hall–Kier alpha value is -1.57. The molecule has 1 aliphatic rings. The van der Waals surface area contributed by atoms with Crippen LogP contribution in [0.25, 0.3) is 0 Å². The highest BCUT2D eigenvalue weighted by molar-refractivity contribution is 8.00. The summed E-state index contributed by atoms with van der Waals surface area (Å²) < 4.78 is 0. The van der Waals surface area contributed by atoms with Gasteiger partial charge < -0.3 is 10.2 Å². The first-order valence-corrected chi connectivity index (χ1v) is 7.72. The van der Waals surface area contributed by atoms with Gasteiger partial charge in [0.1, 0.15) is 6.33 Å². The van der Waals surface area contributed by atoms with Gasteiger partial charge in [-0.05, 0) is 13.8 Å². The standard InChI is InChI=1S/C12H19N5O2S/c1-4-13-11-10(17(18)19)12(15-7-14-11)16-5-6-20-9(3)8(16)2/h7-9H,4-6H2,1-3H3,(H,13,14,15). The molecule has 0 saturated carbocycles. The van der Waals surface area contributed by atoms with Crippen LogP contribution in [-0.2, 0) is 0 Å². The molecule has 1 saturated heterocycles. The van der Waals surface area contributed by atoms with Crippen LogP contribution in [0.3, 0.4) is 0 Å². The van der Waals surface area contributed by atoms with Crippen LogP contribution in [0.1, 0.15) is 20.8 Å². The van der Waals surface area contributed by atoms with Crippen LogP contribution in [0.2, 0.25) is 0 Å². The highest BCUT2D eigenvalue weighted by Crippen LogP contribution is 2.36. The Bertz CT molecular complexity index is 499. The Balaban J connectivity index is 2.44. The Labute approximate surface area is 122 Å². The average molecular weight is 297 g/mol. The van der Waals surface area contributed by atoms with Crippen molar-refractivity contribution in [2.75, 3.05) is 29.1 Å². The quantitative estimate of drug-likeness (QED) is 0.673. The van der Waals surface area contributed by atoms with Gasteiger partial charge >= 0.3 is 5.69 Å². The van der Waals surface area contributed by atoms with Crippen molar-refractivity contribution in [3.05, 3.63) is 16.4 Å². The number of thioether (sulfide) groups is 1. The molecule has 2 heterocycles. The van der Waals surface area contributed by atoms with Gasteiger partial charge in [-0.15, -0.1) is 0 Å². The summed E-state index contributed by atoms with van der Waals surface area (Å²) in [7, 11) is 0. The van der Waals surface area contributed by atoms with Gasteiger partial charge in [-0.1, -0.05) is 6.92 Å². The first-order chi connectivity index (χ1) is 9.56. The fourth-order valence-electron chi connectivity index (χ4n) is 2.28. The molecule has 1 aliphatic heterocycles. The van der Waals surface area contributed by atoms with Gasteiger partial charge in [0.2, 0.25) is 11.6 Å². The van der Waals surface area contributed by atoms with E-state index >= 15 is 0 Å². The van der Waals surface area contributed by atoms with Crippen LogP contribution in [0, 0.1) is 10.1 Å². The van der Waals surface area contributed by atoms with Crippen LogP contribution in [0.4, 0.5) is 17.3 Å². The smallest absolute Gasteiger partial charge is 0.353 e. The van der Waals surface area contributed by atoms with Gasteiger partial charge in [-0.25, -0.2) is 9.97 Å². The topological polar surface area (TPSA) is 84.2 Å². The van der Waals surface area contributed by atoms with E-state index in [2.05, 4.69) is 29.1 Å². The van der Waals surface area contributed by atoms with Gasteiger partial charge in [-0.2, -0.15) is 11.8 Å². The van der Waals surface area contributed by atoms with Crippen molar-refractivity contribution < 1.29 is 4.92 Å². The van der Waals surface area contributed by atoms with Gasteiger partial charge in [0, 0.05) is 30.1 Å². The number of hydrogen-bond acceptors (Lipinski definition) is 7. The normalized spacial score (nSPS) is 22.6. The number of aromatic nitrogens is 2. The summed E-state index contributed by atoms with van der Waals surface area (Å²) in [6.45, 7) is 7.45. The first-order valence-electron chi connectivity index (χ1n) is 6.67. The first kappa shape index (κ1) is 14.8. The van der Waals surface area contributed by atoms with E-state index in [0.29, 0.717) is 23.4 Å². The molecule has 8 heteroatoms. The lowest BCUT2D eigenvalue weighted by Crippen LogP contribution is -2.45. The maximum Gasteiger partial charge on any atom is 0.353 e. The van der Waals surface area contributed by atoms with Crippen LogP contribution in [0.5, 0.6) is 0 Å². The molecule has 2 rings (SSSR count). The zero-order valence-electron chi connectivity index (χ0n) is 11.9. The van der Waals surface area contributed by atoms with E-state index < -0.39 is 4.92 Å². The minimum atomic E-state index is -0.396. The third kappa shape index (κ3) is 2.79. The van der Waals surface area contributed by atoms with Crippen molar-refractivity contribution in [3.63, 3.8) is 0 Å². The number of anilines is 2. The zero-order chi connectivity index (χ0) is 14.7. The molecule has 0 spiro atoms. The Morgan fingerprint density at radius 3 is 2.95 bits per heavy atom. The maximum atomic E-state index is 11.4. The van der Waals surface area contributed by atoms with Crippen molar-refractivity contribution in [1.82, 2.24) is 9.97 Å². The lowest BCUT2D eigenvalue weighted by Gasteiger charge is -2.37. The molecule has 0 amide bonds. The van der Waals surface area contributed by atoms with E-state index in [1.807, 2.05) is 23.6 Å². The number of nitrogens with one attached hydrogen (secondary N) is 1. The van der Waals surface area contributed by atoms with E-state index in [-0.39, 0.29) is 11.7 Å². The van der Waals surface area contributed by atoms with E-state index in [9.17, 15) is 10.1 Å². The Morgan fingerprint density at radius 1 is 1.55 bits per heavy atom. The Kier molecular flexibility index (Phi) is 4.64. The SMILES string of the molecule is CCNc1ncnc(N2CCSC(C)C2C)c1[N+](=O)[O-]. The molecule has 2 atom stereocenters. The second kappa shape index (κ2) is 6.25. The molecule has 20 heavy (non-hydrogen) atoms. The minimum absolute atomic E-state index is 0.0275. The van der Waals surface area contributed by atoms with Crippen LogP contribution < -0.4 is 10.2 Å². The number of rotatable bonds is 4. The van der Waals surface area contributed by atoms with Crippen LogP contribution in [0.15, 0.2) is 6.33 Å². The van der Waals surface area contributed by atoms with Gasteiger partial charge in [-0.3, -0.25) is 10.1 Å². The summed E-state index contributed by atoms with van der Waals surface area (Å²) in [6, 6.07) is 0.205. The van der Waals surface area contributed by atoms with Crippen molar-refractivity contribution in [2.45, 2.75) is 32.1 Å². The molecule has 0 bridgehead atoms. The van der Waals surface area contributed by atoms with Crippen molar-refractivity contribution in [1.29, 1.82) is 0 Å². The molecule has 0 radical (unpaired) electrons. The molecular formula is C12H19N5O2S. The average Bonchev–Trinajstić information content (AvgIpc) is 2.42. The van der Waals surface area contributed by atoms with E-state index in [0.717, 1.165) is 12.3 Å². The van der Waals surface area contributed by atoms with Crippen molar-refractivity contribution in [2.24, 2.45) is 0 Å². The van der Waals surface area contributed by atoms with Crippen molar-refractivity contribution >= 4 is 29.1 Å². The third-order valence-corrected chi connectivity index (χ3v) is 4.82. The summed E-state index contributed by atoms with van der Waals surface area (Å²) in [6.07, 6.45) is 1.39. The van der Waals surface area contributed by atoms with E-state index in [1.54, 1.807) is 0 Å². The molecular weight excluding hydrogens is 278 g/mol. The van der Waals surface area contributed by atoms with Gasteiger partial charge in [0.25, 0.3) is 0 Å². The molecule has 0 aliphatic carbocycles. The molecule has 7 nitrogen and oxygen atoms in total. The minimum Gasteiger partial charge on any atom is -0.364 e. The summed E-state index contributed by atoms with van der Waals surface area (Å²) >= 11 is 1.88. The number of hydrogen-bond donors (Lipinski definition) is 1. The second-order valence-electron chi connectivity index (χ2n) is 4.69. The molecule has 1 aromatic heterocycles.